The molecule has 0 rings (SSSR count). The summed E-state index contributed by atoms with van der Waals surface area (Å²) in [7, 11) is 0. The quantitative estimate of drug-likeness (QED) is 0.616. The second-order valence-corrected chi connectivity index (χ2v) is 4.08. The van der Waals surface area contributed by atoms with Crippen LogP contribution in [0.2, 0.25) is 0 Å². The van der Waals surface area contributed by atoms with Gasteiger partial charge in [-0.15, -0.1) is 0 Å². The lowest BCUT2D eigenvalue weighted by Crippen LogP contribution is -2.12. The van der Waals surface area contributed by atoms with Gasteiger partial charge in [-0.05, 0) is 18.4 Å². The predicted octanol–water partition coefficient (Wildman–Crippen LogP) is 1.63. The Morgan fingerprint density at radius 2 is 2.44 bits per heavy atom. The van der Waals surface area contributed by atoms with Crippen molar-refractivity contribution in [1.82, 2.24) is 0 Å². The van der Waals surface area contributed by atoms with Crippen molar-refractivity contribution < 1.29 is 9.90 Å². The fourth-order valence-electron chi connectivity index (χ4n) is 0.345. The zero-order chi connectivity index (χ0) is 7.28. The number of rotatable bonds is 4. The average Bonchev–Trinajstić information content (AvgIpc) is 1.82. The van der Waals surface area contributed by atoms with Gasteiger partial charge in [-0.1, -0.05) is 22.6 Å². The summed E-state index contributed by atoms with van der Waals surface area (Å²) in [6.07, 6.45) is 2.74. The van der Waals surface area contributed by atoms with Gasteiger partial charge in [0.15, 0.2) is 0 Å². The molecule has 0 radical (unpaired) electrons. The van der Waals surface area contributed by atoms with Gasteiger partial charge in [0.1, 0.15) is 3.92 Å². The summed E-state index contributed by atoms with van der Waals surface area (Å²) in [4.78, 5) is 10.2. The van der Waals surface area contributed by atoms with E-state index in [0.29, 0.717) is 0 Å². The number of carboxylic acids is 1. The third-order valence-corrected chi connectivity index (χ3v) is 2.64. The summed E-state index contributed by atoms with van der Waals surface area (Å²) in [6.45, 7) is 0. The van der Waals surface area contributed by atoms with Crippen LogP contribution in [0, 0.1) is 0 Å². The van der Waals surface area contributed by atoms with Crippen LogP contribution in [-0.2, 0) is 4.79 Å². The van der Waals surface area contributed by atoms with Crippen LogP contribution in [0.4, 0.5) is 0 Å². The first-order chi connectivity index (χ1) is 4.18. The van der Waals surface area contributed by atoms with Gasteiger partial charge in [0.05, 0.1) is 0 Å². The van der Waals surface area contributed by atoms with E-state index in [1.807, 2.05) is 28.8 Å². The minimum Gasteiger partial charge on any atom is -0.480 e. The minimum atomic E-state index is -0.704. The van der Waals surface area contributed by atoms with E-state index >= 15 is 0 Å². The SMILES string of the molecule is CSCCC(I)C(=O)O. The Labute approximate surface area is 72.5 Å². The molecule has 0 saturated carbocycles. The highest BCUT2D eigenvalue weighted by molar-refractivity contribution is 14.1. The van der Waals surface area contributed by atoms with Gasteiger partial charge < -0.3 is 5.11 Å². The molecule has 0 fully saturated rings. The molecule has 0 spiro atoms. The highest BCUT2D eigenvalue weighted by atomic mass is 127. The fraction of sp³-hybridized carbons (Fsp3) is 0.800. The summed E-state index contributed by atoms with van der Waals surface area (Å²) in [5, 5.41) is 8.39. The van der Waals surface area contributed by atoms with Gasteiger partial charge in [0.2, 0.25) is 0 Å². The molecule has 0 heterocycles. The number of hydrogen-bond donors (Lipinski definition) is 1. The molecule has 4 heteroatoms. The molecule has 54 valence electrons. The van der Waals surface area contributed by atoms with Crippen LogP contribution in [-0.4, -0.2) is 27.0 Å². The Bertz CT molecular complexity index is 97.0. The van der Waals surface area contributed by atoms with Gasteiger partial charge in [-0.3, -0.25) is 4.79 Å². The van der Waals surface area contributed by atoms with Crippen molar-refractivity contribution in [3.63, 3.8) is 0 Å². The molecule has 0 amide bonds. The lowest BCUT2D eigenvalue weighted by molar-refractivity contribution is -0.135. The maximum absolute atomic E-state index is 10.2. The predicted molar refractivity (Wildman–Crippen MR) is 48.4 cm³/mol. The number of aliphatic carboxylic acids is 1. The van der Waals surface area contributed by atoms with Crippen molar-refractivity contribution in [2.45, 2.75) is 10.3 Å². The maximum atomic E-state index is 10.2. The van der Waals surface area contributed by atoms with Crippen LogP contribution in [0.3, 0.4) is 0 Å². The van der Waals surface area contributed by atoms with Gasteiger partial charge in [0, 0.05) is 0 Å². The largest absolute Gasteiger partial charge is 0.480 e. The summed E-state index contributed by atoms with van der Waals surface area (Å²) >= 11 is 3.62. The van der Waals surface area contributed by atoms with E-state index in [1.165, 1.54) is 0 Å². The zero-order valence-electron chi connectivity index (χ0n) is 5.13. The number of alkyl halides is 1. The Balaban J connectivity index is 3.27. The second kappa shape index (κ2) is 5.34. The molecule has 9 heavy (non-hydrogen) atoms. The fourth-order valence-corrected chi connectivity index (χ4v) is 1.55. The zero-order valence-corrected chi connectivity index (χ0v) is 8.11. The highest BCUT2D eigenvalue weighted by Crippen LogP contribution is 2.09. The van der Waals surface area contributed by atoms with Crippen molar-refractivity contribution in [1.29, 1.82) is 0 Å². The summed E-state index contributed by atoms with van der Waals surface area (Å²) in [6, 6.07) is 0. The molecule has 0 saturated heterocycles. The molecular weight excluding hydrogens is 251 g/mol. The van der Waals surface area contributed by atoms with Gasteiger partial charge in [0.25, 0.3) is 0 Å². The van der Waals surface area contributed by atoms with E-state index in [4.69, 9.17) is 5.11 Å². The highest BCUT2D eigenvalue weighted by Gasteiger charge is 2.10. The van der Waals surface area contributed by atoms with Crippen molar-refractivity contribution in [3.05, 3.63) is 0 Å². The van der Waals surface area contributed by atoms with E-state index in [0.717, 1.165) is 12.2 Å². The van der Waals surface area contributed by atoms with Gasteiger partial charge >= 0.3 is 5.97 Å². The van der Waals surface area contributed by atoms with Crippen LogP contribution in [0.15, 0.2) is 0 Å². The molecule has 1 atom stereocenters. The van der Waals surface area contributed by atoms with Crippen LogP contribution in [0.1, 0.15) is 6.42 Å². The maximum Gasteiger partial charge on any atom is 0.316 e. The Morgan fingerprint density at radius 1 is 1.89 bits per heavy atom. The van der Waals surface area contributed by atoms with Crippen LogP contribution < -0.4 is 0 Å². The summed E-state index contributed by atoms with van der Waals surface area (Å²) in [5.41, 5.74) is 0. The van der Waals surface area contributed by atoms with E-state index < -0.39 is 5.97 Å². The number of thioether (sulfide) groups is 1. The first-order valence-corrected chi connectivity index (χ1v) is 5.18. The first-order valence-electron chi connectivity index (χ1n) is 2.54. The first kappa shape index (κ1) is 9.55. The third-order valence-electron chi connectivity index (χ3n) is 0.843. The van der Waals surface area contributed by atoms with Crippen LogP contribution >= 0.6 is 34.4 Å². The van der Waals surface area contributed by atoms with Crippen molar-refractivity contribution >= 4 is 40.3 Å². The molecule has 0 aromatic rings. The molecule has 2 nitrogen and oxygen atoms in total. The second-order valence-electron chi connectivity index (χ2n) is 1.59. The van der Waals surface area contributed by atoms with Crippen molar-refractivity contribution in [2.24, 2.45) is 0 Å². The molecule has 0 aliphatic heterocycles. The molecule has 0 aromatic carbocycles. The molecule has 1 unspecified atom stereocenters. The van der Waals surface area contributed by atoms with Crippen molar-refractivity contribution in [2.75, 3.05) is 12.0 Å². The summed E-state index contributed by atoms with van der Waals surface area (Å²) in [5.74, 6) is 0.226. The molecule has 0 aromatic heterocycles. The standard InChI is InChI=1S/C5H9IO2S/c1-9-3-2-4(6)5(7)8/h4H,2-3H2,1H3,(H,7,8). The lowest BCUT2D eigenvalue weighted by Gasteiger charge is -2.00. The Hall–Kier alpha value is 0.550. The molecular formula is C5H9IO2S. The number of halogens is 1. The molecule has 1 N–H and O–H groups in total. The minimum absolute atomic E-state index is 0.213. The number of carboxylic acid groups (broad SMARTS) is 1. The Kier molecular flexibility index (Phi) is 5.67. The number of carbonyl (C=O) groups is 1. The normalized spacial score (nSPS) is 13.1. The van der Waals surface area contributed by atoms with Gasteiger partial charge in [-0.25, -0.2) is 0 Å². The molecule has 0 aliphatic rings. The smallest absolute Gasteiger partial charge is 0.316 e. The van der Waals surface area contributed by atoms with Crippen LogP contribution in [0.5, 0.6) is 0 Å². The van der Waals surface area contributed by atoms with E-state index in [9.17, 15) is 4.79 Å². The molecule has 0 bridgehead atoms. The lowest BCUT2D eigenvalue weighted by atomic mass is 10.3. The third kappa shape index (κ3) is 5.02. The van der Waals surface area contributed by atoms with Crippen molar-refractivity contribution in [3.8, 4) is 0 Å². The van der Waals surface area contributed by atoms with E-state index in [2.05, 4.69) is 0 Å². The molecule has 0 aliphatic carbocycles. The monoisotopic (exact) mass is 260 g/mol. The van der Waals surface area contributed by atoms with Gasteiger partial charge in [-0.2, -0.15) is 11.8 Å². The van der Waals surface area contributed by atoms with E-state index in [1.54, 1.807) is 11.8 Å². The average molecular weight is 260 g/mol. The van der Waals surface area contributed by atoms with Crippen LogP contribution in [0.25, 0.3) is 0 Å². The Morgan fingerprint density at radius 3 is 2.78 bits per heavy atom. The topological polar surface area (TPSA) is 37.3 Å². The number of hydrogen-bond acceptors (Lipinski definition) is 2. The van der Waals surface area contributed by atoms with E-state index in [-0.39, 0.29) is 3.92 Å². The summed E-state index contributed by atoms with van der Waals surface area (Å²) < 4.78 is -0.213.